The molecule has 2 amide bonds. The summed E-state index contributed by atoms with van der Waals surface area (Å²) in [5.41, 5.74) is 5.22. The van der Waals surface area contributed by atoms with Gasteiger partial charge in [-0.25, -0.2) is 9.88 Å². The fourth-order valence-corrected chi connectivity index (χ4v) is 4.24. The molecule has 8 nitrogen and oxygen atoms in total. The van der Waals surface area contributed by atoms with Crippen molar-refractivity contribution >= 4 is 17.5 Å². The van der Waals surface area contributed by atoms with Gasteiger partial charge in [0.05, 0.1) is 12.2 Å². The molecule has 0 bridgehead atoms. The van der Waals surface area contributed by atoms with Crippen LogP contribution < -0.4 is 4.90 Å². The number of fused-ring (bicyclic) bond motifs is 1. The fourth-order valence-electron chi connectivity index (χ4n) is 4.24. The average molecular weight is 429 g/mol. The molecule has 0 radical (unpaired) electrons. The highest BCUT2D eigenvalue weighted by Crippen LogP contribution is 2.34. The van der Waals surface area contributed by atoms with Crippen LogP contribution in [0.2, 0.25) is 0 Å². The van der Waals surface area contributed by atoms with Crippen LogP contribution >= 0.6 is 0 Å². The van der Waals surface area contributed by atoms with Gasteiger partial charge in [0.2, 0.25) is 5.89 Å². The Morgan fingerprint density at radius 1 is 0.906 bits per heavy atom. The Morgan fingerprint density at radius 2 is 1.59 bits per heavy atom. The molecule has 162 valence electrons. The molecule has 32 heavy (non-hydrogen) atoms. The van der Waals surface area contributed by atoms with Gasteiger partial charge in [0.1, 0.15) is 11.5 Å². The Kier molecular flexibility index (Phi) is 4.65. The molecule has 2 aliphatic rings. The van der Waals surface area contributed by atoms with E-state index in [4.69, 9.17) is 4.42 Å². The smallest absolute Gasteiger partial charge is 0.263 e. The molecular weight excluding hydrogens is 406 g/mol. The number of rotatable bonds is 4. The van der Waals surface area contributed by atoms with Gasteiger partial charge in [-0.15, -0.1) is 0 Å². The van der Waals surface area contributed by atoms with Crippen molar-refractivity contribution < 1.29 is 14.0 Å². The first kappa shape index (κ1) is 20.1. The summed E-state index contributed by atoms with van der Waals surface area (Å²) in [5.74, 6) is 0.474. The largest absolute Gasteiger partial charge is 0.441 e. The van der Waals surface area contributed by atoms with Crippen LogP contribution in [0.15, 0.2) is 57.2 Å². The van der Waals surface area contributed by atoms with Crippen molar-refractivity contribution in [2.45, 2.75) is 46.3 Å². The van der Waals surface area contributed by atoms with E-state index < -0.39 is 12.1 Å². The maximum absolute atomic E-state index is 13.3. The summed E-state index contributed by atoms with van der Waals surface area (Å²) in [6.45, 7) is 7.95. The minimum absolute atomic E-state index is 0.228. The van der Waals surface area contributed by atoms with E-state index in [2.05, 4.69) is 15.3 Å². The van der Waals surface area contributed by atoms with Gasteiger partial charge in [0.25, 0.3) is 11.8 Å². The summed E-state index contributed by atoms with van der Waals surface area (Å²) in [7, 11) is 0. The highest BCUT2D eigenvalue weighted by Gasteiger charge is 2.55. The lowest BCUT2D eigenvalue weighted by molar-refractivity contribution is -0.123. The fraction of sp³-hybridized carbons (Fsp3) is 0.292. The van der Waals surface area contributed by atoms with E-state index in [0.717, 1.165) is 22.3 Å². The first-order chi connectivity index (χ1) is 15.3. The van der Waals surface area contributed by atoms with Crippen molar-refractivity contribution in [2.24, 2.45) is 10.3 Å². The van der Waals surface area contributed by atoms with Gasteiger partial charge in [0.15, 0.2) is 12.1 Å². The monoisotopic (exact) mass is 429 g/mol. The van der Waals surface area contributed by atoms with Gasteiger partial charge in [-0.1, -0.05) is 29.0 Å². The van der Waals surface area contributed by atoms with E-state index in [-0.39, 0.29) is 18.4 Å². The molecule has 1 saturated heterocycles. The number of hydrogen-bond acceptors (Lipinski definition) is 7. The molecule has 1 fully saturated rings. The molecule has 2 aliphatic heterocycles. The molecule has 0 spiro atoms. The number of benzene rings is 2. The zero-order valence-electron chi connectivity index (χ0n) is 18.4. The molecule has 2 atom stereocenters. The summed E-state index contributed by atoms with van der Waals surface area (Å²) in [5, 5.41) is 9.77. The second-order valence-electron chi connectivity index (χ2n) is 8.44. The van der Waals surface area contributed by atoms with E-state index in [1.54, 1.807) is 0 Å². The lowest BCUT2D eigenvalue weighted by Crippen LogP contribution is -2.39. The van der Waals surface area contributed by atoms with Crippen LogP contribution in [0.25, 0.3) is 11.5 Å². The molecule has 0 saturated carbocycles. The summed E-state index contributed by atoms with van der Waals surface area (Å²) < 4.78 is 5.85. The number of oxazole rings is 1. The zero-order valence-corrected chi connectivity index (χ0v) is 18.4. The van der Waals surface area contributed by atoms with Crippen molar-refractivity contribution in [2.75, 3.05) is 4.90 Å². The molecule has 1 aromatic heterocycles. The maximum Gasteiger partial charge on any atom is 0.263 e. The molecule has 0 N–H and O–H groups in total. The lowest BCUT2D eigenvalue weighted by atomic mass is 10.1. The number of hydrogen-bond donors (Lipinski definition) is 0. The summed E-state index contributed by atoms with van der Waals surface area (Å²) in [4.78, 5) is 32.1. The summed E-state index contributed by atoms with van der Waals surface area (Å²) >= 11 is 0. The van der Waals surface area contributed by atoms with Crippen molar-refractivity contribution in [3.63, 3.8) is 0 Å². The Hall–Kier alpha value is -3.81. The van der Waals surface area contributed by atoms with E-state index >= 15 is 0 Å². The molecule has 5 rings (SSSR count). The van der Waals surface area contributed by atoms with Gasteiger partial charge < -0.3 is 4.42 Å². The second-order valence-corrected chi connectivity index (χ2v) is 8.44. The number of nitrogens with zero attached hydrogens (tertiary/aromatic N) is 5. The minimum atomic E-state index is -0.841. The van der Waals surface area contributed by atoms with Crippen molar-refractivity contribution in [1.82, 2.24) is 9.99 Å². The Labute approximate surface area is 185 Å². The molecule has 0 aliphatic carbocycles. The van der Waals surface area contributed by atoms with Gasteiger partial charge in [-0.2, -0.15) is 5.11 Å². The third kappa shape index (κ3) is 3.28. The second kappa shape index (κ2) is 7.40. The number of aryl methyl sites for hydroxylation is 4. The first-order valence-corrected chi connectivity index (χ1v) is 10.5. The standard InChI is InChI=1S/C24H23N5O3/c1-13-5-7-17(8-6-13)22-25-19(16(4)32-22)12-28-21-20(26-27-28)23(30)29(24(21)31)18-10-14(2)9-15(3)11-18/h5-11,20-21H,12H2,1-4H3. The predicted molar refractivity (Wildman–Crippen MR) is 118 cm³/mol. The lowest BCUT2D eigenvalue weighted by Gasteiger charge is -2.20. The van der Waals surface area contributed by atoms with E-state index in [1.165, 1.54) is 9.91 Å². The highest BCUT2D eigenvalue weighted by molar-refractivity contribution is 6.25. The quantitative estimate of drug-likeness (QED) is 0.583. The topological polar surface area (TPSA) is 91.4 Å². The van der Waals surface area contributed by atoms with Crippen LogP contribution in [-0.4, -0.2) is 33.9 Å². The van der Waals surface area contributed by atoms with Gasteiger partial charge >= 0.3 is 0 Å². The van der Waals surface area contributed by atoms with Crippen molar-refractivity contribution in [1.29, 1.82) is 0 Å². The molecule has 8 heteroatoms. The molecule has 2 unspecified atom stereocenters. The molecule has 3 heterocycles. The molecular formula is C24H23N5O3. The number of carbonyl (C=O) groups is 2. The molecule has 3 aromatic rings. The number of amides is 2. The Bertz CT molecular complexity index is 1240. The number of aromatic nitrogens is 1. The number of carbonyl (C=O) groups excluding carboxylic acids is 2. The number of anilines is 1. The van der Waals surface area contributed by atoms with Crippen LogP contribution in [0, 0.1) is 27.7 Å². The minimum Gasteiger partial charge on any atom is -0.441 e. The predicted octanol–water partition coefficient (Wildman–Crippen LogP) is 4.07. The third-order valence-electron chi connectivity index (χ3n) is 5.83. The first-order valence-electron chi connectivity index (χ1n) is 10.5. The zero-order chi connectivity index (χ0) is 22.6. The van der Waals surface area contributed by atoms with Crippen LogP contribution in [0.5, 0.6) is 0 Å². The van der Waals surface area contributed by atoms with Crippen molar-refractivity contribution in [3.05, 3.63) is 70.6 Å². The van der Waals surface area contributed by atoms with Crippen LogP contribution in [0.4, 0.5) is 5.69 Å². The van der Waals surface area contributed by atoms with Crippen LogP contribution in [0.3, 0.4) is 0 Å². The van der Waals surface area contributed by atoms with Crippen molar-refractivity contribution in [3.8, 4) is 11.5 Å². The van der Waals surface area contributed by atoms with Gasteiger partial charge in [0, 0.05) is 5.56 Å². The third-order valence-corrected chi connectivity index (χ3v) is 5.83. The van der Waals surface area contributed by atoms with Crippen LogP contribution in [-0.2, 0) is 16.1 Å². The van der Waals surface area contributed by atoms with Gasteiger partial charge in [-0.05, 0) is 63.1 Å². The normalized spacial score (nSPS) is 19.9. The maximum atomic E-state index is 13.3. The highest BCUT2D eigenvalue weighted by atomic mass is 16.4. The summed E-state index contributed by atoms with van der Waals surface area (Å²) in [6.07, 6.45) is 0. The summed E-state index contributed by atoms with van der Waals surface area (Å²) in [6, 6.07) is 12.0. The van der Waals surface area contributed by atoms with Gasteiger partial charge in [-0.3, -0.25) is 14.6 Å². The molecule has 2 aromatic carbocycles. The van der Waals surface area contributed by atoms with E-state index in [9.17, 15) is 9.59 Å². The van der Waals surface area contributed by atoms with E-state index in [0.29, 0.717) is 23.0 Å². The average Bonchev–Trinajstić information content (AvgIpc) is 3.38. The van der Waals surface area contributed by atoms with Crippen LogP contribution in [0.1, 0.15) is 28.1 Å². The Morgan fingerprint density at radius 3 is 2.28 bits per heavy atom. The van der Waals surface area contributed by atoms with E-state index in [1.807, 2.05) is 70.2 Å². The SMILES string of the molecule is Cc1ccc(-c2nc(CN3N=NC4C(=O)N(c5cc(C)cc(C)c5)C(=O)C43)c(C)o2)cc1. The Balaban J connectivity index is 1.40. The number of imide groups is 1.